The summed E-state index contributed by atoms with van der Waals surface area (Å²) in [6.45, 7) is 19.1. The van der Waals surface area contributed by atoms with Crippen LogP contribution in [0.5, 0.6) is 0 Å². The maximum absolute atomic E-state index is 2.27. The van der Waals surface area contributed by atoms with Crippen LogP contribution in [0.15, 0.2) is 504 Å². The Balaban J connectivity index is 0.000000115. The van der Waals surface area contributed by atoms with Crippen LogP contribution in [0.2, 0.25) is 0 Å². The van der Waals surface area contributed by atoms with Crippen molar-refractivity contribution in [2.24, 2.45) is 0 Å². The first-order chi connectivity index (χ1) is 64.6. The second kappa shape index (κ2) is 46.4. The Bertz CT molecular complexity index is 7500. The van der Waals surface area contributed by atoms with Gasteiger partial charge in [-0.3, -0.25) is 0 Å². The van der Waals surface area contributed by atoms with Crippen LogP contribution in [0.3, 0.4) is 0 Å². The number of thiophene rings is 3. The summed E-state index contributed by atoms with van der Waals surface area (Å²) in [5.41, 5.74) is 32.2. The summed E-state index contributed by atoms with van der Waals surface area (Å²) in [7, 11) is 0. The van der Waals surface area contributed by atoms with E-state index in [1.807, 2.05) is 82.5 Å². The Kier molecular flexibility index (Phi) is 32.2. The molecule has 0 saturated heterocycles. The summed E-state index contributed by atoms with van der Waals surface area (Å²) < 4.78 is 8.36. The van der Waals surface area contributed by atoms with Crippen molar-refractivity contribution in [3.05, 3.63) is 554 Å². The van der Waals surface area contributed by atoms with Gasteiger partial charge in [0.1, 0.15) is 0 Å². The smallest absolute Gasteiger partial charge is 0.0384 e. The number of rotatable bonds is 8. The molecule has 20 aromatic carbocycles. The summed E-state index contributed by atoms with van der Waals surface area (Å²) in [5.74, 6) is 0. The van der Waals surface area contributed by atoms with E-state index >= 15 is 0 Å². The van der Waals surface area contributed by atoms with E-state index in [9.17, 15) is 0 Å². The molecule has 23 aromatic rings. The molecule has 0 bridgehead atoms. The SMILES string of the molecule is Cc1ccc(-c2ccc(-c3ccccc3)cc2)cc1.Cc1ccc(-c2ccccc2)cc1.Cc1ccc2c(c1)sc1ccccc12.Cc1ccc2sc3ccccc3c2c1.Cc1cccc(-c2ccc(-c3ccccc3)cc2)c1.Cc1cccc(-c2cccc(-c3ccccc3)c2)c1.Cc1cccc(-c2ccccc2)c1.Cc1cccc2c1sc1ccccc12.Cc1ccccc1. The molecule has 132 heavy (non-hydrogen) atoms. The van der Waals surface area contributed by atoms with E-state index in [4.69, 9.17) is 0 Å². The Labute approximate surface area is 793 Å². The molecule has 0 aliphatic rings. The van der Waals surface area contributed by atoms with Crippen molar-refractivity contribution in [2.45, 2.75) is 62.3 Å². The van der Waals surface area contributed by atoms with Crippen LogP contribution in [0.4, 0.5) is 0 Å². The lowest BCUT2D eigenvalue weighted by molar-refractivity contribution is 1.47. The lowest BCUT2D eigenvalue weighted by atomic mass is 9.98. The zero-order valence-electron chi connectivity index (χ0n) is 76.6. The first-order valence-corrected chi connectivity index (χ1v) is 47.7. The monoisotopic (exact) mass is 1750 g/mol. The average molecular weight is 1760 g/mol. The van der Waals surface area contributed by atoms with Gasteiger partial charge in [-0.25, -0.2) is 0 Å². The second-order valence-electron chi connectivity index (χ2n) is 33.3. The third kappa shape index (κ3) is 25.5. The highest BCUT2D eigenvalue weighted by molar-refractivity contribution is 7.26. The van der Waals surface area contributed by atoms with Crippen LogP contribution in [-0.4, -0.2) is 0 Å². The van der Waals surface area contributed by atoms with E-state index in [2.05, 4.69) is 517 Å². The van der Waals surface area contributed by atoms with Crippen LogP contribution in [0.25, 0.3) is 150 Å². The molecule has 23 rings (SSSR count). The Hall–Kier alpha value is -14.9. The van der Waals surface area contributed by atoms with Gasteiger partial charge in [0.25, 0.3) is 0 Å². The normalized spacial score (nSPS) is 10.5. The van der Waals surface area contributed by atoms with Gasteiger partial charge < -0.3 is 0 Å². The molecular weight excluding hydrogens is 1650 g/mol. The fourth-order valence-corrected chi connectivity index (χ4v) is 19.3. The zero-order valence-corrected chi connectivity index (χ0v) is 79.1. The Morgan fingerprint density at radius 3 is 0.727 bits per heavy atom. The van der Waals surface area contributed by atoms with Gasteiger partial charge >= 0.3 is 0 Å². The highest BCUT2D eigenvalue weighted by Crippen LogP contribution is 2.39. The van der Waals surface area contributed by atoms with Crippen molar-refractivity contribution in [3.63, 3.8) is 0 Å². The predicted octanol–water partition coefficient (Wildman–Crippen LogP) is 38.4. The number of benzene rings is 20. The van der Waals surface area contributed by atoms with E-state index in [1.165, 1.54) is 200 Å². The van der Waals surface area contributed by atoms with E-state index in [-0.39, 0.29) is 0 Å². The van der Waals surface area contributed by atoms with E-state index in [1.54, 1.807) is 0 Å². The Morgan fingerprint density at radius 1 is 0.114 bits per heavy atom. The lowest BCUT2D eigenvalue weighted by Crippen LogP contribution is -1.82. The van der Waals surface area contributed by atoms with Crippen LogP contribution < -0.4 is 0 Å². The third-order valence-corrected chi connectivity index (χ3v) is 26.5. The van der Waals surface area contributed by atoms with Gasteiger partial charge in [-0.2, -0.15) is 0 Å². The van der Waals surface area contributed by atoms with Gasteiger partial charge in [0.2, 0.25) is 0 Å². The molecule has 0 N–H and O–H groups in total. The first kappa shape index (κ1) is 91.8. The van der Waals surface area contributed by atoms with Gasteiger partial charge in [-0.15, -0.1) is 34.0 Å². The molecule has 0 saturated carbocycles. The molecule has 3 heteroatoms. The summed E-state index contributed by atoms with van der Waals surface area (Å²) >= 11 is 5.63. The topological polar surface area (TPSA) is 0 Å². The largest absolute Gasteiger partial charge is 0.135 e. The Morgan fingerprint density at radius 2 is 0.333 bits per heavy atom. The molecule has 0 fully saturated rings. The molecule has 0 radical (unpaired) electrons. The molecule has 0 nitrogen and oxygen atoms in total. The summed E-state index contributed by atoms with van der Waals surface area (Å²) in [4.78, 5) is 0. The minimum Gasteiger partial charge on any atom is -0.135 e. The van der Waals surface area contributed by atoms with Crippen molar-refractivity contribution >= 4 is 94.5 Å². The number of hydrogen-bond acceptors (Lipinski definition) is 3. The number of aryl methyl sites for hydroxylation is 9. The molecule has 0 spiro atoms. The van der Waals surface area contributed by atoms with Gasteiger partial charge in [-0.1, -0.05) is 500 Å². The van der Waals surface area contributed by atoms with Gasteiger partial charge in [0.15, 0.2) is 0 Å². The fraction of sp³-hybridized carbons (Fsp3) is 0.0698. The lowest BCUT2D eigenvalue weighted by Gasteiger charge is -2.06. The van der Waals surface area contributed by atoms with Crippen LogP contribution >= 0.6 is 34.0 Å². The van der Waals surface area contributed by atoms with E-state index < -0.39 is 0 Å². The molecule has 644 valence electrons. The zero-order chi connectivity index (χ0) is 91.2. The second-order valence-corrected chi connectivity index (χ2v) is 36.5. The summed E-state index contributed by atoms with van der Waals surface area (Å²) in [6, 6.07) is 178. The molecule has 3 aromatic heterocycles. The third-order valence-electron chi connectivity index (χ3n) is 22.9. The van der Waals surface area contributed by atoms with Crippen LogP contribution in [0.1, 0.15) is 50.1 Å². The maximum atomic E-state index is 2.27. The molecule has 0 amide bonds. The highest BCUT2D eigenvalue weighted by Gasteiger charge is 2.10. The average Bonchev–Trinajstić information content (AvgIpc) is 1.64. The van der Waals surface area contributed by atoms with Gasteiger partial charge in [-0.05, 0) is 205 Å². The van der Waals surface area contributed by atoms with Crippen molar-refractivity contribution < 1.29 is 0 Å². The summed E-state index contributed by atoms with van der Waals surface area (Å²) in [5, 5.41) is 8.33. The van der Waals surface area contributed by atoms with Crippen molar-refractivity contribution in [2.75, 3.05) is 0 Å². The molecule has 0 aliphatic heterocycles. The number of hydrogen-bond donors (Lipinski definition) is 0. The standard InChI is InChI=1S/3C19H16.3C13H10S.2C13H12.C7H8/c1-15-7-5-10-17(13-15)19-12-6-11-18(14-19)16-8-3-2-4-9-16;1-15-6-5-9-19(14-15)18-12-10-17(11-13-18)16-7-3-2-4-8-16;1-15-7-9-17(10-8-15)19-13-11-18(12-14-19)16-5-3-2-4-6-16;1-9-5-4-7-11-10-6-2-3-8-12(10)14-13(9)11;1-9-6-7-13-11(8-9)10-4-2-3-5-12(10)14-13;1-9-6-7-11-10-4-2-3-5-12(10)14-13(11)8-9;1-11-6-5-9-13(10-11)12-7-3-2-4-8-12;1-11-7-9-13(10-8-11)12-5-3-2-4-6-12;1-7-5-3-2-4-6-7/h3*2-14H,1H3;3*2-8H,1H3;2*2-10H,1H3;2-6H,1H3. The summed E-state index contributed by atoms with van der Waals surface area (Å²) in [6.07, 6.45) is 0. The molecule has 0 atom stereocenters. The van der Waals surface area contributed by atoms with E-state index in [0.717, 1.165) is 0 Å². The van der Waals surface area contributed by atoms with Crippen molar-refractivity contribution in [1.82, 2.24) is 0 Å². The quantitative estimate of drug-likeness (QED) is 0.142. The van der Waals surface area contributed by atoms with Crippen LogP contribution in [-0.2, 0) is 0 Å². The van der Waals surface area contributed by atoms with Crippen molar-refractivity contribution in [1.29, 1.82) is 0 Å². The van der Waals surface area contributed by atoms with Crippen LogP contribution in [0, 0.1) is 62.3 Å². The molecule has 0 aliphatic carbocycles. The first-order valence-electron chi connectivity index (χ1n) is 45.2. The van der Waals surface area contributed by atoms with Gasteiger partial charge in [0.05, 0.1) is 0 Å². The molecule has 3 heterocycles. The molecule has 0 unspecified atom stereocenters. The molecular formula is C129H110S3. The minimum atomic E-state index is 1.26. The minimum absolute atomic E-state index is 1.26. The number of fused-ring (bicyclic) bond motifs is 9. The fourth-order valence-electron chi connectivity index (χ4n) is 15.8. The predicted molar refractivity (Wildman–Crippen MR) is 583 cm³/mol. The van der Waals surface area contributed by atoms with E-state index in [0.29, 0.717) is 0 Å². The highest BCUT2D eigenvalue weighted by atomic mass is 32.1. The van der Waals surface area contributed by atoms with Gasteiger partial charge in [0, 0.05) is 60.5 Å². The van der Waals surface area contributed by atoms with Crippen molar-refractivity contribution in [3.8, 4) is 89.0 Å². The maximum Gasteiger partial charge on any atom is 0.0384 e.